The van der Waals surface area contributed by atoms with Crippen LogP contribution in [0.3, 0.4) is 0 Å². The Morgan fingerprint density at radius 1 is 1.25 bits per heavy atom. The van der Waals surface area contributed by atoms with Crippen LogP contribution in [-0.4, -0.2) is 35.1 Å². The van der Waals surface area contributed by atoms with E-state index in [0.717, 1.165) is 17.5 Å². The Morgan fingerprint density at radius 2 is 2.00 bits per heavy atom. The molecule has 0 unspecified atom stereocenters. The molecule has 0 N–H and O–H groups in total. The van der Waals surface area contributed by atoms with Crippen LogP contribution in [0.15, 0.2) is 28.8 Å². The minimum Gasteiger partial charge on any atom is -0.455 e. The van der Waals surface area contributed by atoms with Crippen LogP contribution in [0.4, 0.5) is 0 Å². The van der Waals surface area contributed by atoms with E-state index in [-0.39, 0.29) is 18.9 Å². The van der Waals surface area contributed by atoms with Crippen LogP contribution in [0, 0.1) is 13.8 Å². The number of nitrogens with zero attached hydrogens (tertiary/aromatic N) is 2. The lowest BCUT2D eigenvalue weighted by Gasteiger charge is -2.28. The number of aromatic nitrogens is 1. The molecular formula is C18H20N2O4. The van der Waals surface area contributed by atoms with Gasteiger partial charge in [-0.25, -0.2) is 0 Å². The van der Waals surface area contributed by atoms with Crippen molar-refractivity contribution in [2.24, 2.45) is 0 Å². The lowest BCUT2D eigenvalue weighted by Crippen LogP contribution is -2.38. The Hall–Kier alpha value is -2.63. The van der Waals surface area contributed by atoms with Gasteiger partial charge < -0.3 is 14.2 Å². The minimum absolute atomic E-state index is 0.0667. The maximum absolute atomic E-state index is 12.3. The molecule has 126 valence electrons. The molecule has 24 heavy (non-hydrogen) atoms. The van der Waals surface area contributed by atoms with Crippen LogP contribution < -0.4 is 0 Å². The summed E-state index contributed by atoms with van der Waals surface area (Å²) in [6.45, 7) is 4.51. The van der Waals surface area contributed by atoms with E-state index in [1.165, 1.54) is 5.56 Å². The van der Waals surface area contributed by atoms with Crippen LogP contribution in [0.1, 0.15) is 28.1 Å². The minimum atomic E-state index is -0.449. The first-order chi connectivity index (χ1) is 11.5. The van der Waals surface area contributed by atoms with Gasteiger partial charge >= 0.3 is 5.97 Å². The third-order valence-electron chi connectivity index (χ3n) is 4.34. The van der Waals surface area contributed by atoms with Gasteiger partial charge in [-0.15, -0.1) is 0 Å². The van der Waals surface area contributed by atoms with Crippen LogP contribution in [0.25, 0.3) is 0 Å². The van der Waals surface area contributed by atoms with Gasteiger partial charge in [0.1, 0.15) is 5.76 Å². The highest BCUT2D eigenvalue weighted by molar-refractivity contribution is 5.81. The molecule has 1 aromatic carbocycles. The van der Waals surface area contributed by atoms with E-state index in [0.29, 0.717) is 24.5 Å². The first-order valence-corrected chi connectivity index (χ1v) is 7.96. The van der Waals surface area contributed by atoms with Gasteiger partial charge in [0.2, 0.25) is 0 Å². The van der Waals surface area contributed by atoms with E-state index in [1.807, 2.05) is 18.2 Å². The van der Waals surface area contributed by atoms with Crippen molar-refractivity contribution in [2.75, 3.05) is 13.2 Å². The van der Waals surface area contributed by atoms with Crippen molar-refractivity contribution in [1.82, 2.24) is 10.1 Å². The number of hydrogen-bond acceptors (Lipinski definition) is 5. The Kier molecular flexibility index (Phi) is 4.64. The Labute approximate surface area is 140 Å². The summed E-state index contributed by atoms with van der Waals surface area (Å²) in [4.78, 5) is 25.9. The molecule has 1 aromatic heterocycles. The lowest BCUT2D eigenvalue weighted by molar-refractivity contribution is -0.151. The van der Waals surface area contributed by atoms with Gasteiger partial charge in [0.15, 0.2) is 6.61 Å². The van der Waals surface area contributed by atoms with Crippen LogP contribution >= 0.6 is 0 Å². The number of esters is 1. The molecule has 2 heterocycles. The molecule has 0 spiro atoms. The summed E-state index contributed by atoms with van der Waals surface area (Å²) in [7, 11) is 0. The zero-order valence-electron chi connectivity index (χ0n) is 13.9. The van der Waals surface area contributed by atoms with Crippen molar-refractivity contribution in [2.45, 2.75) is 33.2 Å². The number of benzene rings is 1. The largest absolute Gasteiger partial charge is 0.455 e. The number of carbonyl (C=O) groups excluding carboxylic acids is 2. The SMILES string of the molecule is Cc1noc(C)c1CC(=O)OCC(=O)N1CCc2ccccc2C1. The van der Waals surface area contributed by atoms with Crippen LogP contribution in [0.5, 0.6) is 0 Å². The van der Waals surface area contributed by atoms with Crippen molar-refractivity contribution in [3.63, 3.8) is 0 Å². The molecule has 0 saturated carbocycles. The molecule has 0 bridgehead atoms. The fourth-order valence-corrected chi connectivity index (χ4v) is 2.89. The van der Waals surface area contributed by atoms with Gasteiger partial charge in [-0.05, 0) is 31.4 Å². The van der Waals surface area contributed by atoms with Gasteiger partial charge in [0.25, 0.3) is 5.91 Å². The molecule has 1 aliphatic heterocycles. The lowest BCUT2D eigenvalue weighted by atomic mass is 10.00. The fraction of sp³-hybridized carbons (Fsp3) is 0.389. The summed E-state index contributed by atoms with van der Waals surface area (Å²) in [6.07, 6.45) is 0.895. The number of aryl methyl sites for hydroxylation is 2. The third kappa shape index (κ3) is 3.48. The van der Waals surface area contributed by atoms with Crippen molar-refractivity contribution >= 4 is 11.9 Å². The number of rotatable bonds is 4. The highest BCUT2D eigenvalue weighted by atomic mass is 16.5. The van der Waals surface area contributed by atoms with Crippen LogP contribution in [-0.2, 0) is 33.7 Å². The molecule has 6 nitrogen and oxygen atoms in total. The molecule has 0 aliphatic carbocycles. The van der Waals surface area contributed by atoms with Crippen molar-refractivity contribution in [1.29, 1.82) is 0 Å². The number of hydrogen-bond donors (Lipinski definition) is 0. The summed E-state index contributed by atoms with van der Waals surface area (Å²) in [5.74, 6) is -0.0183. The second-order valence-electron chi connectivity index (χ2n) is 5.97. The first kappa shape index (κ1) is 16.2. The first-order valence-electron chi connectivity index (χ1n) is 7.96. The number of carbonyl (C=O) groups is 2. The van der Waals surface area contributed by atoms with Gasteiger partial charge in [-0.3, -0.25) is 9.59 Å². The zero-order chi connectivity index (χ0) is 17.1. The van der Waals surface area contributed by atoms with E-state index >= 15 is 0 Å². The molecule has 0 fully saturated rings. The van der Waals surface area contributed by atoms with E-state index < -0.39 is 5.97 Å². The second kappa shape index (κ2) is 6.86. The summed E-state index contributed by atoms with van der Waals surface area (Å²) in [5.41, 5.74) is 3.82. The normalized spacial score (nSPS) is 13.5. The summed E-state index contributed by atoms with van der Waals surface area (Å²) in [6, 6.07) is 8.09. The molecule has 1 amide bonds. The molecular weight excluding hydrogens is 308 g/mol. The zero-order valence-corrected chi connectivity index (χ0v) is 13.9. The van der Waals surface area contributed by atoms with Crippen molar-refractivity contribution in [3.8, 4) is 0 Å². The predicted molar refractivity (Wildman–Crippen MR) is 86.2 cm³/mol. The topological polar surface area (TPSA) is 72.6 Å². The molecule has 2 aromatic rings. The summed E-state index contributed by atoms with van der Waals surface area (Å²) in [5, 5.41) is 3.80. The smallest absolute Gasteiger partial charge is 0.310 e. The Balaban J connectivity index is 1.52. The van der Waals surface area contributed by atoms with Gasteiger partial charge in [-0.1, -0.05) is 29.4 Å². The molecule has 6 heteroatoms. The average Bonchev–Trinajstić information content (AvgIpc) is 2.91. The fourth-order valence-electron chi connectivity index (χ4n) is 2.89. The number of ether oxygens (including phenoxy) is 1. The second-order valence-corrected chi connectivity index (χ2v) is 5.97. The predicted octanol–water partition coefficient (Wildman–Crippen LogP) is 1.96. The molecule has 0 radical (unpaired) electrons. The van der Waals surface area contributed by atoms with Crippen LogP contribution in [0.2, 0.25) is 0 Å². The molecule has 1 aliphatic rings. The molecule has 0 atom stereocenters. The summed E-state index contributed by atoms with van der Waals surface area (Å²) < 4.78 is 10.1. The Morgan fingerprint density at radius 3 is 2.71 bits per heavy atom. The third-order valence-corrected chi connectivity index (χ3v) is 4.34. The van der Waals surface area contributed by atoms with E-state index in [9.17, 15) is 9.59 Å². The highest BCUT2D eigenvalue weighted by Gasteiger charge is 2.22. The van der Waals surface area contributed by atoms with Gasteiger partial charge in [0, 0.05) is 18.7 Å². The number of amides is 1. The highest BCUT2D eigenvalue weighted by Crippen LogP contribution is 2.18. The average molecular weight is 328 g/mol. The number of fused-ring (bicyclic) bond motifs is 1. The maximum Gasteiger partial charge on any atom is 0.310 e. The molecule has 0 saturated heterocycles. The maximum atomic E-state index is 12.3. The van der Waals surface area contributed by atoms with Crippen molar-refractivity contribution in [3.05, 3.63) is 52.4 Å². The van der Waals surface area contributed by atoms with E-state index in [2.05, 4.69) is 11.2 Å². The monoisotopic (exact) mass is 328 g/mol. The van der Waals surface area contributed by atoms with E-state index in [4.69, 9.17) is 9.26 Å². The molecule has 3 rings (SSSR count). The quantitative estimate of drug-likeness (QED) is 0.802. The Bertz CT molecular complexity index is 747. The standard InChI is InChI=1S/C18H20N2O4/c1-12-16(13(2)24-19-12)9-18(22)23-11-17(21)20-8-7-14-5-3-4-6-15(14)10-20/h3-6H,7-11H2,1-2H3. The van der Waals surface area contributed by atoms with Gasteiger partial charge in [0.05, 0.1) is 12.1 Å². The van der Waals surface area contributed by atoms with E-state index in [1.54, 1.807) is 18.7 Å². The van der Waals surface area contributed by atoms with Gasteiger partial charge in [-0.2, -0.15) is 0 Å². The summed E-state index contributed by atoms with van der Waals surface area (Å²) >= 11 is 0. The van der Waals surface area contributed by atoms with Crippen molar-refractivity contribution < 1.29 is 18.8 Å².